The first kappa shape index (κ1) is 9.66. The van der Waals surface area contributed by atoms with Gasteiger partial charge in [0, 0.05) is 18.8 Å². The number of benzene rings is 2. The van der Waals surface area contributed by atoms with E-state index in [0.717, 1.165) is 15.6 Å². The molecule has 0 unspecified atom stereocenters. The summed E-state index contributed by atoms with van der Waals surface area (Å²) in [6.07, 6.45) is 0. The van der Waals surface area contributed by atoms with Crippen LogP contribution in [0.25, 0.3) is 21.9 Å². The number of fused-ring (bicyclic) bond motifs is 3. The molecule has 3 rings (SSSR count). The number of halogens is 2. The van der Waals surface area contributed by atoms with Gasteiger partial charge in [-0.05, 0) is 59.0 Å². The second kappa shape index (κ2) is 3.49. The third kappa shape index (κ3) is 1.58. The summed E-state index contributed by atoms with van der Waals surface area (Å²) >= 11 is 5.73. The molecule has 0 atom stereocenters. The number of rotatable bonds is 0. The topological polar surface area (TPSA) is 13.1 Å². The summed E-state index contributed by atoms with van der Waals surface area (Å²) in [7, 11) is 0. The van der Waals surface area contributed by atoms with Crippen LogP contribution in [-0.2, 0) is 0 Å². The lowest BCUT2D eigenvalue weighted by atomic mass is 10.2. The Balaban J connectivity index is 2.51. The summed E-state index contributed by atoms with van der Waals surface area (Å²) in [5, 5.41) is 2.35. The quantitative estimate of drug-likeness (QED) is 0.509. The molecule has 0 fully saturated rings. The van der Waals surface area contributed by atoms with Crippen LogP contribution in [0.4, 0.5) is 0 Å². The van der Waals surface area contributed by atoms with Crippen molar-refractivity contribution in [3.63, 3.8) is 0 Å². The van der Waals surface area contributed by atoms with Crippen LogP contribution in [0.15, 0.2) is 45.3 Å². The maximum Gasteiger partial charge on any atom is 0.136 e. The van der Waals surface area contributed by atoms with Crippen LogP contribution in [0.3, 0.4) is 0 Å². The molecular formula is C12H6BrIO. The second-order valence-corrected chi connectivity index (χ2v) is 5.54. The van der Waals surface area contributed by atoms with Crippen molar-refractivity contribution >= 4 is 60.5 Å². The second-order valence-electron chi connectivity index (χ2n) is 3.38. The van der Waals surface area contributed by atoms with Gasteiger partial charge in [0.25, 0.3) is 0 Å². The van der Waals surface area contributed by atoms with E-state index in [4.69, 9.17) is 4.42 Å². The van der Waals surface area contributed by atoms with E-state index >= 15 is 0 Å². The average molecular weight is 373 g/mol. The van der Waals surface area contributed by atoms with Gasteiger partial charge in [-0.15, -0.1) is 0 Å². The van der Waals surface area contributed by atoms with Gasteiger partial charge in [-0.1, -0.05) is 15.9 Å². The van der Waals surface area contributed by atoms with E-state index in [-0.39, 0.29) is 0 Å². The van der Waals surface area contributed by atoms with Crippen LogP contribution in [-0.4, -0.2) is 0 Å². The standard InChI is InChI=1S/C12H6BrIO/c13-7-1-3-9-10-4-2-8(14)6-12(10)15-11(9)5-7/h1-6H. The lowest BCUT2D eigenvalue weighted by molar-refractivity contribution is 0.668. The molecule has 2 aromatic carbocycles. The molecule has 0 saturated carbocycles. The Bertz CT molecular complexity index is 601. The largest absolute Gasteiger partial charge is 0.456 e. The van der Waals surface area contributed by atoms with E-state index in [9.17, 15) is 0 Å². The molecule has 0 saturated heterocycles. The number of hydrogen-bond acceptors (Lipinski definition) is 1. The van der Waals surface area contributed by atoms with Crippen molar-refractivity contribution in [3.8, 4) is 0 Å². The van der Waals surface area contributed by atoms with Crippen molar-refractivity contribution in [2.75, 3.05) is 0 Å². The van der Waals surface area contributed by atoms with E-state index in [0.29, 0.717) is 0 Å². The van der Waals surface area contributed by atoms with Crippen molar-refractivity contribution in [1.29, 1.82) is 0 Å². The Morgan fingerprint density at radius 3 is 2.40 bits per heavy atom. The van der Waals surface area contributed by atoms with Crippen LogP contribution in [0, 0.1) is 3.57 Å². The number of hydrogen-bond donors (Lipinski definition) is 0. The third-order valence-electron chi connectivity index (χ3n) is 2.40. The Kier molecular flexibility index (Phi) is 2.25. The van der Waals surface area contributed by atoms with Gasteiger partial charge in [0.1, 0.15) is 11.2 Å². The molecule has 74 valence electrons. The first-order valence-electron chi connectivity index (χ1n) is 4.51. The smallest absolute Gasteiger partial charge is 0.136 e. The van der Waals surface area contributed by atoms with Gasteiger partial charge < -0.3 is 4.42 Å². The van der Waals surface area contributed by atoms with Gasteiger partial charge >= 0.3 is 0 Å². The highest BCUT2D eigenvalue weighted by Gasteiger charge is 2.06. The molecular weight excluding hydrogens is 367 g/mol. The molecule has 0 aliphatic carbocycles. The van der Waals surface area contributed by atoms with Crippen molar-refractivity contribution < 1.29 is 4.42 Å². The van der Waals surface area contributed by atoms with Gasteiger partial charge in [0.15, 0.2) is 0 Å². The first-order valence-corrected chi connectivity index (χ1v) is 6.38. The lowest BCUT2D eigenvalue weighted by Gasteiger charge is -1.90. The molecule has 1 nitrogen and oxygen atoms in total. The highest BCUT2D eigenvalue weighted by molar-refractivity contribution is 14.1. The molecule has 0 amide bonds. The Labute approximate surface area is 109 Å². The molecule has 0 aliphatic rings. The lowest BCUT2D eigenvalue weighted by Crippen LogP contribution is -1.69. The van der Waals surface area contributed by atoms with E-state index in [2.05, 4.69) is 62.8 Å². The van der Waals surface area contributed by atoms with Gasteiger partial charge in [-0.3, -0.25) is 0 Å². The fourth-order valence-corrected chi connectivity index (χ4v) is 2.53. The summed E-state index contributed by atoms with van der Waals surface area (Å²) in [5.74, 6) is 0. The molecule has 0 aliphatic heterocycles. The minimum absolute atomic E-state index is 0.932. The van der Waals surface area contributed by atoms with Crippen molar-refractivity contribution in [3.05, 3.63) is 44.4 Å². The molecule has 1 heterocycles. The zero-order valence-corrected chi connectivity index (χ0v) is 11.4. The van der Waals surface area contributed by atoms with Gasteiger partial charge in [-0.2, -0.15) is 0 Å². The molecule has 1 aromatic heterocycles. The Hall–Kier alpha value is -0.550. The predicted octanol–water partition coefficient (Wildman–Crippen LogP) is 4.95. The van der Waals surface area contributed by atoms with E-state index in [1.165, 1.54) is 14.3 Å². The van der Waals surface area contributed by atoms with Crippen LogP contribution >= 0.6 is 38.5 Å². The van der Waals surface area contributed by atoms with Crippen LogP contribution in [0.2, 0.25) is 0 Å². The molecule has 0 radical (unpaired) electrons. The maximum absolute atomic E-state index is 5.78. The van der Waals surface area contributed by atoms with E-state index in [1.807, 2.05) is 12.1 Å². The highest BCUT2D eigenvalue weighted by Crippen LogP contribution is 2.31. The van der Waals surface area contributed by atoms with Gasteiger partial charge in [0.2, 0.25) is 0 Å². The first-order chi connectivity index (χ1) is 7.24. The predicted molar refractivity (Wildman–Crippen MR) is 74.1 cm³/mol. The average Bonchev–Trinajstić information content (AvgIpc) is 2.53. The highest BCUT2D eigenvalue weighted by atomic mass is 127. The summed E-state index contributed by atoms with van der Waals surface area (Å²) < 4.78 is 8.02. The summed E-state index contributed by atoms with van der Waals surface area (Å²) in [6, 6.07) is 12.4. The monoisotopic (exact) mass is 372 g/mol. The fourth-order valence-electron chi connectivity index (χ4n) is 1.72. The van der Waals surface area contributed by atoms with E-state index in [1.54, 1.807) is 0 Å². The Morgan fingerprint density at radius 2 is 1.60 bits per heavy atom. The van der Waals surface area contributed by atoms with Crippen molar-refractivity contribution in [1.82, 2.24) is 0 Å². The molecule has 0 spiro atoms. The molecule has 0 bridgehead atoms. The minimum atomic E-state index is 0.932. The molecule has 15 heavy (non-hydrogen) atoms. The van der Waals surface area contributed by atoms with Gasteiger partial charge in [0.05, 0.1) is 0 Å². The SMILES string of the molecule is Brc1ccc2c(c1)oc1cc(I)ccc12. The Morgan fingerprint density at radius 1 is 0.933 bits per heavy atom. The normalized spacial score (nSPS) is 11.3. The minimum Gasteiger partial charge on any atom is -0.456 e. The van der Waals surface area contributed by atoms with Crippen molar-refractivity contribution in [2.45, 2.75) is 0 Å². The van der Waals surface area contributed by atoms with Crippen LogP contribution in [0.5, 0.6) is 0 Å². The third-order valence-corrected chi connectivity index (χ3v) is 3.56. The van der Waals surface area contributed by atoms with Crippen molar-refractivity contribution in [2.24, 2.45) is 0 Å². The number of furan rings is 1. The molecule has 0 N–H and O–H groups in total. The zero-order chi connectivity index (χ0) is 10.4. The van der Waals surface area contributed by atoms with E-state index < -0.39 is 0 Å². The molecule has 3 heteroatoms. The fraction of sp³-hybridized carbons (Fsp3) is 0. The molecule has 3 aromatic rings. The summed E-state index contributed by atoms with van der Waals surface area (Å²) in [5.41, 5.74) is 1.89. The zero-order valence-electron chi connectivity index (χ0n) is 7.63. The maximum atomic E-state index is 5.78. The summed E-state index contributed by atoms with van der Waals surface area (Å²) in [6.45, 7) is 0. The van der Waals surface area contributed by atoms with Crippen LogP contribution < -0.4 is 0 Å². The van der Waals surface area contributed by atoms with Crippen LogP contribution in [0.1, 0.15) is 0 Å². The van der Waals surface area contributed by atoms with Gasteiger partial charge in [-0.25, -0.2) is 0 Å². The summed E-state index contributed by atoms with van der Waals surface area (Å²) in [4.78, 5) is 0.